The average Bonchev–Trinajstić information content (AvgIpc) is 3.37. The van der Waals surface area contributed by atoms with Crippen LogP contribution in [0, 0.1) is 0 Å². The molecule has 0 spiro atoms. The number of carbonyl (C=O) groups is 2. The van der Waals surface area contributed by atoms with Crippen LogP contribution in [0.25, 0.3) is 11.3 Å². The van der Waals surface area contributed by atoms with Crippen LogP contribution in [0.2, 0.25) is 0 Å². The van der Waals surface area contributed by atoms with Crippen LogP contribution in [-0.2, 0) is 14.6 Å². The average molecular weight is 469 g/mol. The van der Waals surface area contributed by atoms with Crippen LogP contribution in [0.3, 0.4) is 0 Å². The Bertz CT molecular complexity index is 1300. The van der Waals surface area contributed by atoms with E-state index in [2.05, 4.69) is 15.7 Å². The van der Waals surface area contributed by atoms with Crippen LogP contribution < -0.4 is 15.4 Å². The molecule has 0 bridgehead atoms. The van der Waals surface area contributed by atoms with Gasteiger partial charge < -0.3 is 15.4 Å². The fraction of sp³-hybridized carbons (Fsp3) is 0.261. The number of nitrogens with one attached hydrogen (secondary N) is 2. The maximum absolute atomic E-state index is 13.0. The Morgan fingerprint density at radius 2 is 1.76 bits per heavy atom. The summed E-state index contributed by atoms with van der Waals surface area (Å²) in [6.45, 7) is 1.40. The molecule has 2 N–H and O–H groups in total. The lowest BCUT2D eigenvalue weighted by atomic mass is 10.1. The molecule has 172 valence electrons. The van der Waals surface area contributed by atoms with E-state index in [1.165, 1.54) is 6.92 Å². The molecule has 2 amide bonds. The Balaban J connectivity index is 1.65. The molecule has 0 radical (unpaired) electrons. The van der Waals surface area contributed by atoms with Gasteiger partial charge >= 0.3 is 0 Å². The largest absolute Gasteiger partial charge is 0.497 e. The van der Waals surface area contributed by atoms with Crippen LogP contribution in [0.15, 0.2) is 54.6 Å². The third-order valence-corrected chi connectivity index (χ3v) is 7.10. The minimum absolute atomic E-state index is 0.0162. The summed E-state index contributed by atoms with van der Waals surface area (Å²) in [4.78, 5) is 24.3. The van der Waals surface area contributed by atoms with Gasteiger partial charge in [-0.05, 0) is 55.0 Å². The molecular weight excluding hydrogens is 444 g/mol. The topological polar surface area (TPSA) is 119 Å². The number of carbonyl (C=O) groups excluding carboxylic acids is 2. The number of hydrogen-bond acceptors (Lipinski definition) is 6. The molecule has 2 heterocycles. The molecule has 1 unspecified atom stereocenters. The van der Waals surface area contributed by atoms with E-state index >= 15 is 0 Å². The van der Waals surface area contributed by atoms with E-state index in [0.717, 1.165) is 5.56 Å². The summed E-state index contributed by atoms with van der Waals surface area (Å²) in [6.07, 6.45) is 0.437. The van der Waals surface area contributed by atoms with E-state index in [1.807, 2.05) is 12.1 Å². The first-order valence-electron chi connectivity index (χ1n) is 10.4. The van der Waals surface area contributed by atoms with Crippen molar-refractivity contribution < 1.29 is 22.7 Å². The van der Waals surface area contributed by atoms with Crippen LogP contribution in [0.1, 0.15) is 29.9 Å². The number of methoxy groups -OCH3 is 1. The van der Waals surface area contributed by atoms with E-state index < -0.39 is 15.7 Å². The highest BCUT2D eigenvalue weighted by atomic mass is 32.2. The Morgan fingerprint density at radius 1 is 1.06 bits per heavy atom. The SMILES string of the molecule is COc1ccc(-c2cc(C(=O)Nc3cccc(NC(C)=O)c3)nn2C2CCS(=O)(=O)C2)cc1. The van der Waals surface area contributed by atoms with Crippen LogP contribution >= 0.6 is 0 Å². The van der Waals surface area contributed by atoms with Gasteiger partial charge in [0, 0.05) is 23.9 Å². The predicted octanol–water partition coefficient (Wildman–Crippen LogP) is 3.13. The zero-order valence-corrected chi connectivity index (χ0v) is 19.1. The maximum atomic E-state index is 13.0. The fourth-order valence-electron chi connectivity index (χ4n) is 3.80. The van der Waals surface area contributed by atoms with Gasteiger partial charge in [-0.15, -0.1) is 0 Å². The normalized spacial score (nSPS) is 16.8. The van der Waals surface area contributed by atoms with Crippen LogP contribution in [0.4, 0.5) is 11.4 Å². The van der Waals surface area contributed by atoms with Crippen molar-refractivity contribution in [2.24, 2.45) is 0 Å². The first-order valence-corrected chi connectivity index (χ1v) is 12.2. The molecule has 33 heavy (non-hydrogen) atoms. The molecule has 1 saturated heterocycles. The maximum Gasteiger partial charge on any atom is 0.276 e. The molecular formula is C23H24N4O5S. The van der Waals surface area contributed by atoms with Gasteiger partial charge in [-0.1, -0.05) is 6.07 Å². The van der Waals surface area contributed by atoms with Crippen molar-refractivity contribution in [1.82, 2.24) is 9.78 Å². The van der Waals surface area contributed by atoms with Crippen LogP contribution in [0.5, 0.6) is 5.75 Å². The van der Waals surface area contributed by atoms with E-state index in [9.17, 15) is 18.0 Å². The second kappa shape index (κ2) is 9.07. The highest BCUT2D eigenvalue weighted by molar-refractivity contribution is 7.91. The second-order valence-corrected chi connectivity index (χ2v) is 10.1. The Kier molecular flexibility index (Phi) is 6.19. The van der Waals surface area contributed by atoms with Crippen molar-refractivity contribution in [2.75, 3.05) is 29.2 Å². The lowest BCUT2D eigenvalue weighted by molar-refractivity contribution is -0.114. The van der Waals surface area contributed by atoms with E-state index in [1.54, 1.807) is 54.3 Å². The zero-order chi connectivity index (χ0) is 23.6. The van der Waals surface area contributed by atoms with E-state index in [-0.39, 0.29) is 29.1 Å². The number of anilines is 2. The number of amides is 2. The van der Waals surface area contributed by atoms with Crippen molar-refractivity contribution in [3.8, 4) is 17.0 Å². The third-order valence-electron chi connectivity index (χ3n) is 5.35. The summed E-state index contributed by atoms with van der Waals surface area (Å²) >= 11 is 0. The van der Waals surface area contributed by atoms with E-state index in [4.69, 9.17) is 4.74 Å². The standard InChI is InChI=1S/C23H24N4O5S/c1-15(28)24-17-4-3-5-18(12-17)25-23(29)21-13-22(16-6-8-20(32-2)9-7-16)27(26-21)19-10-11-33(30,31)14-19/h3-9,12-13,19H,10-11,14H2,1-2H3,(H,24,28)(H,25,29). The molecule has 0 saturated carbocycles. The summed E-state index contributed by atoms with van der Waals surface area (Å²) in [5, 5.41) is 9.94. The lowest BCUT2D eigenvalue weighted by Crippen LogP contribution is -2.16. The van der Waals surface area contributed by atoms with Crippen molar-refractivity contribution in [3.05, 3.63) is 60.3 Å². The van der Waals surface area contributed by atoms with Gasteiger partial charge in [-0.25, -0.2) is 8.42 Å². The number of nitrogens with zero attached hydrogens (tertiary/aromatic N) is 2. The molecule has 1 aliphatic heterocycles. The van der Waals surface area contributed by atoms with Crippen LogP contribution in [-0.4, -0.2) is 48.6 Å². The molecule has 1 fully saturated rings. The summed E-state index contributed by atoms with van der Waals surface area (Å²) in [7, 11) is -1.57. The van der Waals surface area contributed by atoms with Gasteiger partial charge in [0.05, 0.1) is 30.4 Å². The summed E-state index contributed by atoms with van der Waals surface area (Å²) in [5.74, 6) is 0.108. The molecule has 4 rings (SSSR count). The highest BCUT2D eigenvalue weighted by Gasteiger charge is 2.32. The van der Waals surface area contributed by atoms with E-state index in [0.29, 0.717) is 29.2 Å². The molecule has 9 nitrogen and oxygen atoms in total. The first kappa shape index (κ1) is 22.5. The minimum Gasteiger partial charge on any atom is -0.497 e. The van der Waals surface area contributed by atoms with Gasteiger partial charge in [0.2, 0.25) is 5.91 Å². The van der Waals surface area contributed by atoms with Gasteiger partial charge in [-0.3, -0.25) is 14.3 Å². The zero-order valence-electron chi connectivity index (χ0n) is 18.2. The molecule has 1 aliphatic rings. The molecule has 1 atom stereocenters. The summed E-state index contributed by atoms with van der Waals surface area (Å²) in [5.41, 5.74) is 2.66. The van der Waals surface area contributed by atoms with Gasteiger partial charge in [0.25, 0.3) is 5.91 Å². The number of rotatable bonds is 6. The number of aromatic nitrogens is 2. The minimum atomic E-state index is -3.14. The molecule has 1 aromatic heterocycles. The quantitative estimate of drug-likeness (QED) is 0.574. The Labute approximate surface area is 191 Å². The van der Waals surface area contributed by atoms with Gasteiger partial charge in [0.15, 0.2) is 15.5 Å². The first-order chi connectivity index (χ1) is 15.7. The summed E-state index contributed by atoms with van der Waals surface area (Å²) in [6, 6.07) is 15.4. The van der Waals surface area contributed by atoms with Crippen molar-refractivity contribution in [2.45, 2.75) is 19.4 Å². The Morgan fingerprint density at radius 3 is 2.36 bits per heavy atom. The number of benzene rings is 2. The third kappa shape index (κ3) is 5.23. The smallest absolute Gasteiger partial charge is 0.276 e. The lowest BCUT2D eigenvalue weighted by Gasteiger charge is -2.13. The highest BCUT2D eigenvalue weighted by Crippen LogP contribution is 2.31. The number of ether oxygens (including phenoxy) is 1. The fourth-order valence-corrected chi connectivity index (χ4v) is 5.49. The number of hydrogen-bond donors (Lipinski definition) is 2. The second-order valence-electron chi connectivity index (χ2n) is 7.86. The monoisotopic (exact) mass is 468 g/mol. The molecule has 10 heteroatoms. The van der Waals surface area contributed by atoms with Crippen molar-refractivity contribution in [3.63, 3.8) is 0 Å². The van der Waals surface area contributed by atoms with Gasteiger partial charge in [0.1, 0.15) is 5.75 Å². The molecule has 3 aromatic rings. The molecule has 0 aliphatic carbocycles. The van der Waals surface area contributed by atoms with Crippen molar-refractivity contribution in [1.29, 1.82) is 0 Å². The Hall–Kier alpha value is -3.66. The summed E-state index contributed by atoms with van der Waals surface area (Å²) < 4.78 is 31.0. The number of sulfone groups is 1. The van der Waals surface area contributed by atoms with Gasteiger partial charge in [-0.2, -0.15) is 5.10 Å². The van der Waals surface area contributed by atoms with Crippen molar-refractivity contribution >= 4 is 33.0 Å². The molecule has 2 aromatic carbocycles. The predicted molar refractivity (Wildman–Crippen MR) is 125 cm³/mol.